The minimum Gasteiger partial charge on any atom is -0.493 e. The molecule has 160 valence electrons. The lowest BCUT2D eigenvalue weighted by Crippen LogP contribution is -2.59. The Morgan fingerprint density at radius 2 is 1.77 bits per heavy atom. The minimum absolute atomic E-state index is 0.170. The van der Waals surface area contributed by atoms with Gasteiger partial charge in [-0.25, -0.2) is 4.79 Å². The van der Waals surface area contributed by atoms with Crippen molar-refractivity contribution in [3.8, 4) is 11.5 Å². The van der Waals surface area contributed by atoms with Gasteiger partial charge in [-0.2, -0.15) is 0 Å². The number of rotatable bonds is 7. The molecule has 6 nitrogen and oxygen atoms in total. The Bertz CT molecular complexity index is 850. The summed E-state index contributed by atoms with van der Waals surface area (Å²) in [4.78, 5) is 17.5. The zero-order chi connectivity index (χ0) is 20.9. The van der Waals surface area contributed by atoms with E-state index in [0.29, 0.717) is 30.4 Å². The third kappa shape index (κ3) is 4.38. The van der Waals surface area contributed by atoms with Crippen LogP contribution in [-0.4, -0.2) is 57.5 Å². The van der Waals surface area contributed by atoms with Crippen LogP contribution in [0.2, 0.25) is 0 Å². The average molecular weight is 411 g/mol. The number of anilines is 1. The van der Waals surface area contributed by atoms with Gasteiger partial charge in [0.2, 0.25) is 0 Å². The molecular formula is C24H30N2O4. The Hall–Kier alpha value is -2.73. The van der Waals surface area contributed by atoms with Crippen LogP contribution in [0.25, 0.3) is 0 Å². The number of hydrogen-bond acceptors (Lipinski definition) is 5. The van der Waals surface area contributed by atoms with Gasteiger partial charge in [0.25, 0.3) is 0 Å². The highest BCUT2D eigenvalue weighted by atomic mass is 16.6. The van der Waals surface area contributed by atoms with Crippen LogP contribution >= 0.6 is 0 Å². The monoisotopic (exact) mass is 410 g/mol. The zero-order valence-corrected chi connectivity index (χ0v) is 17.8. The van der Waals surface area contributed by atoms with Gasteiger partial charge in [0.1, 0.15) is 0 Å². The van der Waals surface area contributed by atoms with Crippen molar-refractivity contribution < 1.29 is 19.0 Å². The van der Waals surface area contributed by atoms with Gasteiger partial charge < -0.3 is 19.1 Å². The first kappa shape index (κ1) is 20.5. The summed E-state index contributed by atoms with van der Waals surface area (Å²) in [6, 6.07) is 15.8. The third-order valence-corrected chi connectivity index (χ3v) is 6.25. The molecule has 3 fully saturated rings. The summed E-state index contributed by atoms with van der Waals surface area (Å²) in [6.07, 6.45) is 2.65. The summed E-state index contributed by atoms with van der Waals surface area (Å²) in [5.74, 6) is 1.91. The van der Waals surface area contributed by atoms with Crippen LogP contribution in [0.5, 0.6) is 11.5 Å². The van der Waals surface area contributed by atoms with Crippen molar-refractivity contribution in [2.45, 2.75) is 25.3 Å². The predicted molar refractivity (Wildman–Crippen MR) is 116 cm³/mol. The van der Waals surface area contributed by atoms with E-state index in [-0.39, 0.29) is 12.1 Å². The molecule has 3 saturated heterocycles. The molecule has 2 aromatic carbocycles. The normalized spacial score (nSPS) is 22.4. The Morgan fingerprint density at radius 3 is 2.40 bits per heavy atom. The number of fused-ring (bicyclic) bond motifs is 3. The fraction of sp³-hybridized carbons (Fsp3) is 0.458. The fourth-order valence-corrected chi connectivity index (χ4v) is 4.61. The molecule has 1 unspecified atom stereocenters. The van der Waals surface area contributed by atoms with Crippen molar-refractivity contribution in [2.75, 3.05) is 45.4 Å². The second-order valence-electron chi connectivity index (χ2n) is 7.96. The molecule has 2 bridgehead atoms. The smallest absolute Gasteiger partial charge is 0.414 e. The first-order valence-electron chi connectivity index (χ1n) is 10.6. The fourth-order valence-electron chi connectivity index (χ4n) is 4.61. The van der Waals surface area contributed by atoms with E-state index in [1.165, 1.54) is 0 Å². The number of carbonyl (C=O) groups is 1. The summed E-state index contributed by atoms with van der Waals surface area (Å²) >= 11 is 0. The van der Waals surface area contributed by atoms with E-state index < -0.39 is 0 Å². The molecule has 3 heterocycles. The Balaban J connectivity index is 1.44. The highest BCUT2D eigenvalue weighted by Crippen LogP contribution is 2.34. The maximum absolute atomic E-state index is 13.2. The van der Waals surface area contributed by atoms with Crippen LogP contribution in [0.15, 0.2) is 48.5 Å². The molecule has 6 heteroatoms. The highest BCUT2D eigenvalue weighted by Gasteiger charge is 2.40. The van der Waals surface area contributed by atoms with Gasteiger partial charge in [0, 0.05) is 18.7 Å². The SMILES string of the molecule is COc1ccc(CCOC(=O)N(c2ccccc2)C2CN3CCC2CC3)cc1OC. The molecule has 1 amide bonds. The van der Waals surface area contributed by atoms with E-state index in [1.54, 1.807) is 14.2 Å². The minimum atomic E-state index is -0.263. The second kappa shape index (κ2) is 9.39. The number of amides is 1. The molecule has 30 heavy (non-hydrogen) atoms. The molecule has 0 N–H and O–H groups in total. The van der Waals surface area contributed by atoms with Gasteiger partial charge in [-0.3, -0.25) is 4.90 Å². The third-order valence-electron chi connectivity index (χ3n) is 6.25. The van der Waals surface area contributed by atoms with Gasteiger partial charge in [0.15, 0.2) is 11.5 Å². The molecule has 3 aliphatic heterocycles. The van der Waals surface area contributed by atoms with E-state index in [1.807, 2.05) is 53.4 Å². The van der Waals surface area contributed by atoms with Crippen LogP contribution in [0.4, 0.5) is 10.5 Å². The molecule has 2 aromatic rings. The number of carbonyl (C=O) groups excluding carboxylic acids is 1. The van der Waals surface area contributed by atoms with Gasteiger partial charge in [-0.05, 0) is 61.7 Å². The van der Waals surface area contributed by atoms with Crippen molar-refractivity contribution in [3.05, 3.63) is 54.1 Å². The zero-order valence-electron chi connectivity index (χ0n) is 17.8. The molecule has 0 saturated carbocycles. The van der Waals surface area contributed by atoms with Crippen molar-refractivity contribution in [1.29, 1.82) is 0 Å². The van der Waals surface area contributed by atoms with Gasteiger partial charge in [-0.15, -0.1) is 0 Å². The van der Waals surface area contributed by atoms with Crippen molar-refractivity contribution in [3.63, 3.8) is 0 Å². The summed E-state index contributed by atoms with van der Waals surface area (Å²) in [6.45, 7) is 3.51. The van der Waals surface area contributed by atoms with Crippen LogP contribution < -0.4 is 14.4 Å². The van der Waals surface area contributed by atoms with E-state index in [4.69, 9.17) is 14.2 Å². The Morgan fingerprint density at radius 1 is 1.03 bits per heavy atom. The molecular weight excluding hydrogens is 380 g/mol. The lowest BCUT2D eigenvalue weighted by atomic mass is 9.83. The number of methoxy groups -OCH3 is 2. The molecule has 1 atom stereocenters. The first-order valence-corrected chi connectivity index (χ1v) is 10.6. The number of para-hydroxylation sites is 1. The predicted octanol–water partition coefficient (Wildman–Crippen LogP) is 3.98. The largest absolute Gasteiger partial charge is 0.493 e. The van der Waals surface area contributed by atoms with Crippen molar-refractivity contribution in [2.24, 2.45) is 5.92 Å². The van der Waals surface area contributed by atoms with Crippen molar-refractivity contribution in [1.82, 2.24) is 4.90 Å². The molecule has 0 spiro atoms. The highest BCUT2D eigenvalue weighted by molar-refractivity contribution is 5.88. The first-order chi connectivity index (χ1) is 14.7. The van der Waals surface area contributed by atoms with Crippen LogP contribution in [0.1, 0.15) is 18.4 Å². The summed E-state index contributed by atoms with van der Waals surface area (Å²) in [5.41, 5.74) is 1.95. The maximum Gasteiger partial charge on any atom is 0.414 e. The second-order valence-corrected chi connectivity index (χ2v) is 7.96. The lowest BCUT2D eigenvalue weighted by Gasteiger charge is -2.48. The van der Waals surface area contributed by atoms with Crippen molar-refractivity contribution >= 4 is 11.8 Å². The van der Waals surface area contributed by atoms with Crippen LogP contribution in [0.3, 0.4) is 0 Å². The number of nitrogens with zero attached hydrogens (tertiary/aromatic N) is 2. The number of benzene rings is 2. The van der Waals surface area contributed by atoms with E-state index in [0.717, 1.165) is 43.7 Å². The standard InChI is InChI=1S/C24H30N2O4/c1-28-22-9-8-18(16-23(22)29-2)12-15-30-24(27)26(20-6-4-3-5-7-20)21-17-25-13-10-19(21)11-14-25/h3-9,16,19,21H,10-15,17H2,1-2H3. The van der Waals surface area contributed by atoms with Gasteiger partial charge >= 0.3 is 6.09 Å². The Labute approximate surface area is 178 Å². The summed E-state index contributed by atoms with van der Waals surface area (Å²) in [5, 5.41) is 0. The maximum atomic E-state index is 13.2. The Kier molecular flexibility index (Phi) is 6.43. The molecule has 0 aliphatic carbocycles. The van der Waals surface area contributed by atoms with Crippen LogP contribution in [-0.2, 0) is 11.2 Å². The van der Waals surface area contributed by atoms with Gasteiger partial charge in [0.05, 0.1) is 26.9 Å². The summed E-state index contributed by atoms with van der Waals surface area (Å²) < 4.78 is 16.4. The number of hydrogen-bond donors (Lipinski definition) is 0. The van der Waals surface area contributed by atoms with Crippen LogP contribution in [0, 0.1) is 5.92 Å². The van der Waals surface area contributed by atoms with Gasteiger partial charge in [-0.1, -0.05) is 24.3 Å². The van der Waals surface area contributed by atoms with E-state index >= 15 is 0 Å². The van der Waals surface area contributed by atoms with E-state index in [9.17, 15) is 4.79 Å². The summed E-state index contributed by atoms with van der Waals surface area (Å²) in [7, 11) is 3.24. The van der Waals surface area contributed by atoms with E-state index in [2.05, 4.69) is 4.90 Å². The number of piperidine rings is 3. The topological polar surface area (TPSA) is 51.2 Å². The molecule has 0 radical (unpaired) electrons. The molecule has 3 aliphatic rings. The average Bonchev–Trinajstić information content (AvgIpc) is 2.80. The molecule has 5 rings (SSSR count). The quantitative estimate of drug-likeness (QED) is 0.691. The molecule has 0 aromatic heterocycles. The lowest BCUT2D eigenvalue weighted by molar-refractivity contribution is 0.0791. The number of ether oxygens (including phenoxy) is 3.